The first kappa shape index (κ1) is 26.0. The molecule has 0 spiro atoms. The molecule has 0 unspecified atom stereocenters. The van der Waals surface area contributed by atoms with Gasteiger partial charge in [0.2, 0.25) is 10.0 Å². The number of rotatable bonds is 7. The van der Waals surface area contributed by atoms with Crippen LogP contribution in [-0.2, 0) is 26.5 Å². The zero-order chi connectivity index (χ0) is 26.3. The Kier molecular flexibility index (Phi) is 7.02. The maximum Gasteiger partial charge on any atom is 0.264 e. The Morgan fingerprint density at radius 3 is 2.33 bits per heavy atom. The Balaban J connectivity index is 1.63. The monoisotopic (exact) mass is 549 g/mol. The molecule has 1 aliphatic rings. The zero-order valence-corrected chi connectivity index (χ0v) is 22.1. The molecule has 1 amide bonds. The van der Waals surface area contributed by atoms with Crippen LogP contribution in [0.15, 0.2) is 70.5 Å². The standard InChI is InChI=1S/C24H24ClN3O6S2/c1-27(2)36(32,33)23-14-17(5-11-22(23)34-3)24(29)26-19-8-4-16-12-13-28(21(16)15-19)35(30,31)20-9-6-18(25)7-10-20/h4-11,14-15H,12-13H2,1-3H3,(H,26,29). The van der Waals surface area contributed by atoms with Crippen LogP contribution in [0.1, 0.15) is 15.9 Å². The van der Waals surface area contributed by atoms with Crippen molar-refractivity contribution in [3.05, 3.63) is 76.8 Å². The number of sulfonamides is 2. The van der Waals surface area contributed by atoms with Crippen LogP contribution in [0.25, 0.3) is 0 Å². The third kappa shape index (κ3) is 4.79. The van der Waals surface area contributed by atoms with Gasteiger partial charge in [-0.1, -0.05) is 17.7 Å². The fourth-order valence-corrected chi connectivity index (χ4v) is 6.53. The molecule has 9 nitrogen and oxygen atoms in total. The summed E-state index contributed by atoms with van der Waals surface area (Å²) in [6.07, 6.45) is 0.528. The van der Waals surface area contributed by atoms with Gasteiger partial charge in [0.1, 0.15) is 10.6 Å². The molecule has 3 aromatic carbocycles. The van der Waals surface area contributed by atoms with E-state index in [1.54, 1.807) is 18.2 Å². The number of fused-ring (bicyclic) bond motifs is 1. The average Bonchev–Trinajstić information content (AvgIpc) is 3.28. The second-order valence-electron chi connectivity index (χ2n) is 8.23. The number of amides is 1. The van der Waals surface area contributed by atoms with E-state index in [1.165, 1.54) is 68.0 Å². The maximum atomic E-state index is 13.2. The number of nitrogens with one attached hydrogen (secondary N) is 1. The minimum atomic E-state index is -3.86. The second-order valence-corrected chi connectivity index (χ2v) is 12.7. The molecule has 0 bridgehead atoms. The van der Waals surface area contributed by atoms with Crippen LogP contribution in [-0.4, -0.2) is 54.8 Å². The summed E-state index contributed by atoms with van der Waals surface area (Å²) in [5, 5.41) is 3.16. The number of nitrogens with zero attached hydrogens (tertiary/aromatic N) is 2. The summed E-state index contributed by atoms with van der Waals surface area (Å²) in [5.74, 6) is -0.446. The van der Waals surface area contributed by atoms with Gasteiger partial charge in [-0.2, -0.15) is 0 Å². The molecule has 0 saturated carbocycles. The molecule has 0 aromatic heterocycles. The van der Waals surface area contributed by atoms with E-state index >= 15 is 0 Å². The summed E-state index contributed by atoms with van der Waals surface area (Å²) >= 11 is 5.90. The van der Waals surface area contributed by atoms with Gasteiger partial charge in [0.25, 0.3) is 15.9 Å². The molecule has 190 valence electrons. The van der Waals surface area contributed by atoms with Crippen molar-refractivity contribution >= 4 is 48.9 Å². The molecule has 1 aliphatic heterocycles. The first-order valence-corrected chi connectivity index (χ1v) is 14.0. The highest BCUT2D eigenvalue weighted by Gasteiger charge is 2.31. The Labute approximate surface area is 215 Å². The third-order valence-corrected chi connectivity index (χ3v) is 9.70. The largest absolute Gasteiger partial charge is 0.495 e. The molecule has 4 rings (SSSR count). The predicted octanol–water partition coefficient (Wildman–Crippen LogP) is 3.60. The topological polar surface area (TPSA) is 113 Å². The summed E-state index contributed by atoms with van der Waals surface area (Å²) < 4.78 is 59.3. The Morgan fingerprint density at radius 1 is 1.00 bits per heavy atom. The number of hydrogen-bond donors (Lipinski definition) is 1. The highest BCUT2D eigenvalue weighted by molar-refractivity contribution is 7.92. The number of carbonyl (C=O) groups excluding carboxylic acids is 1. The van der Waals surface area contributed by atoms with Gasteiger partial charge in [-0.15, -0.1) is 0 Å². The van der Waals surface area contributed by atoms with Gasteiger partial charge in [0.05, 0.1) is 17.7 Å². The van der Waals surface area contributed by atoms with Crippen molar-refractivity contribution in [2.45, 2.75) is 16.2 Å². The van der Waals surface area contributed by atoms with Gasteiger partial charge < -0.3 is 10.1 Å². The van der Waals surface area contributed by atoms with Crippen LogP contribution in [0.3, 0.4) is 0 Å². The summed E-state index contributed by atoms with van der Waals surface area (Å²) in [7, 11) is -3.57. The van der Waals surface area contributed by atoms with Crippen LogP contribution in [0.4, 0.5) is 11.4 Å². The van der Waals surface area contributed by atoms with Gasteiger partial charge in [0.15, 0.2) is 0 Å². The SMILES string of the molecule is COc1ccc(C(=O)Nc2ccc3c(c2)N(S(=O)(=O)c2ccc(Cl)cc2)CC3)cc1S(=O)(=O)N(C)C. The van der Waals surface area contributed by atoms with Gasteiger partial charge in [0, 0.05) is 36.9 Å². The van der Waals surface area contributed by atoms with E-state index in [2.05, 4.69) is 5.32 Å². The van der Waals surface area contributed by atoms with Crippen molar-refractivity contribution in [3.8, 4) is 5.75 Å². The molecule has 12 heteroatoms. The van der Waals surface area contributed by atoms with E-state index in [0.717, 1.165) is 9.87 Å². The average molecular weight is 550 g/mol. The van der Waals surface area contributed by atoms with Crippen LogP contribution in [0, 0.1) is 0 Å². The molecule has 36 heavy (non-hydrogen) atoms. The quantitative estimate of drug-likeness (QED) is 0.482. The first-order valence-electron chi connectivity index (χ1n) is 10.8. The minimum absolute atomic E-state index is 0.0994. The first-order chi connectivity index (χ1) is 16.9. The van der Waals surface area contributed by atoms with Crippen molar-refractivity contribution in [1.29, 1.82) is 0 Å². The number of halogens is 1. The molecule has 1 N–H and O–H groups in total. The summed E-state index contributed by atoms with van der Waals surface area (Å²) in [4.78, 5) is 13.0. The molecule has 0 atom stereocenters. The summed E-state index contributed by atoms with van der Waals surface area (Å²) in [6, 6.07) is 15.1. The van der Waals surface area contributed by atoms with E-state index in [9.17, 15) is 21.6 Å². The fourth-order valence-electron chi connectivity index (χ4n) is 3.83. The van der Waals surface area contributed by atoms with E-state index in [0.29, 0.717) is 22.8 Å². The molecular weight excluding hydrogens is 526 g/mol. The Bertz CT molecular complexity index is 1540. The van der Waals surface area contributed by atoms with Crippen molar-refractivity contribution in [2.75, 3.05) is 37.4 Å². The molecule has 1 heterocycles. The van der Waals surface area contributed by atoms with Crippen molar-refractivity contribution < 1.29 is 26.4 Å². The number of benzene rings is 3. The van der Waals surface area contributed by atoms with E-state index in [-0.39, 0.29) is 27.6 Å². The molecular formula is C24H24ClN3O6S2. The van der Waals surface area contributed by atoms with Gasteiger partial charge in [-0.3, -0.25) is 9.10 Å². The van der Waals surface area contributed by atoms with E-state index in [1.807, 2.05) is 0 Å². The fraction of sp³-hybridized carbons (Fsp3) is 0.208. The van der Waals surface area contributed by atoms with Crippen molar-refractivity contribution in [3.63, 3.8) is 0 Å². The lowest BCUT2D eigenvalue weighted by Crippen LogP contribution is -2.29. The van der Waals surface area contributed by atoms with Crippen LogP contribution in [0.2, 0.25) is 5.02 Å². The van der Waals surface area contributed by atoms with Crippen LogP contribution in [0.5, 0.6) is 5.75 Å². The van der Waals surface area contributed by atoms with E-state index < -0.39 is 26.0 Å². The lowest BCUT2D eigenvalue weighted by molar-refractivity contribution is 0.102. The van der Waals surface area contributed by atoms with Gasteiger partial charge >= 0.3 is 0 Å². The normalized spacial score (nSPS) is 13.5. The molecule has 3 aromatic rings. The smallest absolute Gasteiger partial charge is 0.264 e. The third-order valence-electron chi connectivity index (χ3n) is 5.78. The number of hydrogen-bond acceptors (Lipinski definition) is 6. The number of carbonyl (C=O) groups is 1. The van der Waals surface area contributed by atoms with Crippen LogP contribution >= 0.6 is 11.6 Å². The second kappa shape index (κ2) is 9.74. The Hall–Kier alpha value is -3.12. The maximum absolute atomic E-state index is 13.2. The lowest BCUT2D eigenvalue weighted by atomic mass is 10.1. The molecule has 0 radical (unpaired) electrons. The number of ether oxygens (including phenoxy) is 1. The van der Waals surface area contributed by atoms with Crippen LogP contribution < -0.4 is 14.4 Å². The lowest BCUT2D eigenvalue weighted by Gasteiger charge is -2.20. The van der Waals surface area contributed by atoms with Gasteiger partial charge in [-0.25, -0.2) is 21.1 Å². The highest BCUT2D eigenvalue weighted by Crippen LogP contribution is 2.35. The van der Waals surface area contributed by atoms with Crippen molar-refractivity contribution in [1.82, 2.24) is 4.31 Å². The zero-order valence-electron chi connectivity index (χ0n) is 19.7. The summed E-state index contributed by atoms with van der Waals surface area (Å²) in [6.45, 7) is 0.266. The molecule has 0 fully saturated rings. The van der Waals surface area contributed by atoms with Gasteiger partial charge in [-0.05, 0) is 66.6 Å². The van der Waals surface area contributed by atoms with E-state index in [4.69, 9.17) is 16.3 Å². The highest BCUT2D eigenvalue weighted by atomic mass is 35.5. The minimum Gasteiger partial charge on any atom is -0.495 e. The summed E-state index contributed by atoms with van der Waals surface area (Å²) in [5.41, 5.74) is 1.76. The predicted molar refractivity (Wildman–Crippen MR) is 138 cm³/mol. The van der Waals surface area contributed by atoms with Crippen molar-refractivity contribution in [2.24, 2.45) is 0 Å². The molecule has 0 aliphatic carbocycles. The molecule has 0 saturated heterocycles. The number of methoxy groups -OCH3 is 1. The number of anilines is 2. The Morgan fingerprint density at radius 2 is 1.69 bits per heavy atom.